The molecule has 1 aliphatic rings. The van der Waals surface area contributed by atoms with E-state index in [1.807, 2.05) is 18.2 Å². The molecule has 15 heavy (non-hydrogen) atoms. The number of rotatable bonds is 1. The molecule has 1 aromatic carbocycles. The first-order valence-electron chi connectivity index (χ1n) is 5.07. The van der Waals surface area contributed by atoms with Crippen LogP contribution in [0.5, 0.6) is 0 Å². The maximum atomic E-state index is 6.32. The summed E-state index contributed by atoms with van der Waals surface area (Å²) in [6.45, 7) is 4.46. The molecule has 1 nitrogen and oxygen atoms in total. The lowest BCUT2D eigenvalue weighted by atomic mass is 9.57. The number of halogens is 2. The maximum absolute atomic E-state index is 6.32. The Bertz CT molecular complexity index is 391. The van der Waals surface area contributed by atoms with Crippen LogP contribution in [0.3, 0.4) is 0 Å². The highest BCUT2D eigenvalue weighted by atomic mass is 35.5. The van der Waals surface area contributed by atoms with Gasteiger partial charge in [0.1, 0.15) is 0 Å². The molecule has 0 aromatic heterocycles. The highest BCUT2D eigenvalue weighted by Gasteiger charge is 2.47. The van der Waals surface area contributed by atoms with Crippen LogP contribution < -0.4 is 5.73 Å². The molecule has 0 aliphatic heterocycles. The van der Waals surface area contributed by atoms with E-state index in [2.05, 4.69) is 13.8 Å². The first-order valence-corrected chi connectivity index (χ1v) is 5.82. The number of hydrogen-bond donors (Lipinski definition) is 1. The van der Waals surface area contributed by atoms with Gasteiger partial charge in [-0.15, -0.1) is 0 Å². The largest absolute Gasteiger partial charge is 0.321 e. The number of nitrogens with two attached hydrogens (primary N) is 1. The van der Waals surface area contributed by atoms with Crippen molar-refractivity contribution in [2.24, 2.45) is 11.1 Å². The Morgan fingerprint density at radius 1 is 1.13 bits per heavy atom. The fraction of sp³-hybridized carbons (Fsp3) is 0.500. The molecule has 0 unspecified atom stereocenters. The molecule has 3 heteroatoms. The van der Waals surface area contributed by atoms with Crippen molar-refractivity contribution in [1.29, 1.82) is 0 Å². The molecule has 2 rings (SSSR count). The summed E-state index contributed by atoms with van der Waals surface area (Å²) in [6.07, 6.45) is 2.00. The Hall–Kier alpha value is -0.240. The average molecular weight is 244 g/mol. The quantitative estimate of drug-likeness (QED) is 0.794. The minimum atomic E-state index is -0.211. The molecule has 2 N–H and O–H groups in total. The summed E-state index contributed by atoms with van der Waals surface area (Å²) in [6, 6.07) is 5.68. The van der Waals surface area contributed by atoms with Gasteiger partial charge in [0.05, 0.1) is 10.0 Å². The van der Waals surface area contributed by atoms with Gasteiger partial charge in [0.25, 0.3) is 0 Å². The third-order valence-corrected chi connectivity index (χ3v) is 3.82. The second-order valence-electron chi connectivity index (χ2n) is 5.30. The van der Waals surface area contributed by atoms with Crippen LogP contribution in [0.1, 0.15) is 32.3 Å². The van der Waals surface area contributed by atoms with E-state index in [0.29, 0.717) is 15.5 Å². The van der Waals surface area contributed by atoms with Crippen molar-refractivity contribution in [2.45, 2.75) is 32.2 Å². The van der Waals surface area contributed by atoms with Crippen molar-refractivity contribution in [3.8, 4) is 0 Å². The van der Waals surface area contributed by atoms with Crippen molar-refractivity contribution in [3.05, 3.63) is 33.8 Å². The van der Waals surface area contributed by atoms with E-state index < -0.39 is 0 Å². The molecule has 0 saturated heterocycles. The van der Waals surface area contributed by atoms with E-state index in [0.717, 1.165) is 18.4 Å². The first kappa shape index (κ1) is 11.3. The van der Waals surface area contributed by atoms with E-state index in [-0.39, 0.29) is 5.54 Å². The Morgan fingerprint density at radius 2 is 1.73 bits per heavy atom. The molecule has 0 bridgehead atoms. The molecule has 0 radical (unpaired) electrons. The predicted octanol–water partition coefficient (Wildman–Crippen LogP) is 3.97. The van der Waals surface area contributed by atoms with Crippen LogP contribution in [-0.4, -0.2) is 0 Å². The smallest absolute Gasteiger partial charge is 0.0595 e. The van der Waals surface area contributed by atoms with Crippen molar-refractivity contribution >= 4 is 23.2 Å². The van der Waals surface area contributed by atoms with Crippen LogP contribution >= 0.6 is 23.2 Å². The highest BCUT2D eigenvalue weighted by Crippen LogP contribution is 2.52. The second kappa shape index (κ2) is 3.38. The van der Waals surface area contributed by atoms with Crippen LogP contribution in [0.25, 0.3) is 0 Å². The zero-order valence-electron chi connectivity index (χ0n) is 8.98. The number of hydrogen-bond acceptors (Lipinski definition) is 1. The van der Waals surface area contributed by atoms with Crippen LogP contribution in [0.15, 0.2) is 18.2 Å². The lowest BCUT2D eigenvalue weighted by Gasteiger charge is -2.51. The summed E-state index contributed by atoms with van der Waals surface area (Å²) in [5, 5.41) is 1.17. The summed E-state index contributed by atoms with van der Waals surface area (Å²) in [5.74, 6) is 0. The van der Waals surface area contributed by atoms with Gasteiger partial charge >= 0.3 is 0 Å². The van der Waals surface area contributed by atoms with Gasteiger partial charge in [-0.05, 0) is 36.0 Å². The van der Waals surface area contributed by atoms with E-state index in [4.69, 9.17) is 28.9 Å². The molecular weight excluding hydrogens is 229 g/mol. The fourth-order valence-electron chi connectivity index (χ4n) is 2.67. The van der Waals surface area contributed by atoms with E-state index >= 15 is 0 Å². The van der Waals surface area contributed by atoms with Crippen LogP contribution in [0.4, 0.5) is 0 Å². The van der Waals surface area contributed by atoms with Gasteiger partial charge in [-0.2, -0.15) is 0 Å². The van der Waals surface area contributed by atoms with Crippen molar-refractivity contribution < 1.29 is 0 Å². The maximum Gasteiger partial charge on any atom is 0.0595 e. The van der Waals surface area contributed by atoms with E-state index in [9.17, 15) is 0 Å². The van der Waals surface area contributed by atoms with E-state index in [1.54, 1.807) is 0 Å². The van der Waals surface area contributed by atoms with Gasteiger partial charge in [0.2, 0.25) is 0 Å². The van der Waals surface area contributed by atoms with Crippen LogP contribution in [-0.2, 0) is 5.54 Å². The molecule has 1 aliphatic carbocycles. The molecule has 0 atom stereocenters. The molecular formula is C12H15Cl2N. The first-order chi connectivity index (χ1) is 6.82. The van der Waals surface area contributed by atoms with Gasteiger partial charge in [0, 0.05) is 5.54 Å². The SMILES string of the molecule is CC1(C)CC(N)(c2ccc(Cl)c(Cl)c2)C1. The van der Waals surface area contributed by atoms with Gasteiger partial charge in [-0.3, -0.25) is 0 Å². The summed E-state index contributed by atoms with van der Waals surface area (Å²) in [4.78, 5) is 0. The Balaban J connectivity index is 2.28. The molecule has 1 fully saturated rings. The minimum Gasteiger partial charge on any atom is -0.321 e. The van der Waals surface area contributed by atoms with Crippen molar-refractivity contribution in [1.82, 2.24) is 0 Å². The Labute approximate surface area is 101 Å². The number of benzene rings is 1. The second-order valence-corrected chi connectivity index (χ2v) is 6.12. The third-order valence-electron chi connectivity index (χ3n) is 3.08. The zero-order valence-corrected chi connectivity index (χ0v) is 10.5. The molecule has 1 aromatic rings. The minimum absolute atomic E-state index is 0.211. The molecule has 1 saturated carbocycles. The van der Waals surface area contributed by atoms with Crippen molar-refractivity contribution in [2.75, 3.05) is 0 Å². The molecule has 0 heterocycles. The Morgan fingerprint density at radius 3 is 2.20 bits per heavy atom. The lowest BCUT2D eigenvalue weighted by Crippen LogP contribution is -2.53. The normalized spacial score (nSPS) is 22.2. The zero-order chi connectivity index (χ0) is 11.3. The monoisotopic (exact) mass is 243 g/mol. The fourth-order valence-corrected chi connectivity index (χ4v) is 2.96. The van der Waals surface area contributed by atoms with E-state index in [1.165, 1.54) is 0 Å². The topological polar surface area (TPSA) is 26.0 Å². The third kappa shape index (κ3) is 2.01. The van der Waals surface area contributed by atoms with Crippen LogP contribution in [0.2, 0.25) is 10.0 Å². The Kier molecular flexibility index (Phi) is 2.53. The summed E-state index contributed by atoms with van der Waals surface area (Å²) in [7, 11) is 0. The predicted molar refractivity (Wildman–Crippen MR) is 65.3 cm³/mol. The standard InChI is InChI=1S/C12H15Cl2N/c1-11(2)6-12(15,7-11)8-3-4-9(13)10(14)5-8/h3-5H,6-7,15H2,1-2H3. The summed E-state index contributed by atoms with van der Waals surface area (Å²) in [5.41, 5.74) is 7.55. The van der Waals surface area contributed by atoms with Gasteiger partial charge in [-0.1, -0.05) is 43.1 Å². The summed E-state index contributed by atoms with van der Waals surface area (Å²) < 4.78 is 0. The lowest BCUT2D eigenvalue weighted by molar-refractivity contribution is 0.0618. The van der Waals surface area contributed by atoms with Crippen molar-refractivity contribution in [3.63, 3.8) is 0 Å². The van der Waals surface area contributed by atoms with Gasteiger partial charge < -0.3 is 5.73 Å². The van der Waals surface area contributed by atoms with Gasteiger partial charge in [0.15, 0.2) is 0 Å². The molecule has 82 valence electrons. The van der Waals surface area contributed by atoms with Gasteiger partial charge in [-0.25, -0.2) is 0 Å². The molecule has 0 spiro atoms. The average Bonchev–Trinajstić information content (AvgIpc) is 2.06. The highest BCUT2D eigenvalue weighted by molar-refractivity contribution is 6.42. The summed E-state index contributed by atoms with van der Waals surface area (Å²) >= 11 is 11.9. The molecule has 0 amide bonds. The van der Waals surface area contributed by atoms with Crippen LogP contribution in [0, 0.1) is 5.41 Å².